The van der Waals surface area contributed by atoms with Crippen LogP contribution in [-0.2, 0) is 6.54 Å². The molecule has 0 spiro atoms. The third-order valence-electron chi connectivity index (χ3n) is 3.45. The first kappa shape index (κ1) is 15.2. The number of rotatable bonds is 6. The summed E-state index contributed by atoms with van der Waals surface area (Å²) < 4.78 is 1.17. The number of hydrogen-bond donors (Lipinski definition) is 1. The van der Waals surface area contributed by atoms with Crippen LogP contribution in [0.3, 0.4) is 0 Å². The molecule has 2 rings (SSSR count). The summed E-state index contributed by atoms with van der Waals surface area (Å²) >= 11 is 3.59. The van der Waals surface area contributed by atoms with Crippen LogP contribution in [0.15, 0.2) is 59.1 Å². The standard InChI is InChI=1S/C17H21BrN2/c1-20(13-15-9-5-6-10-16(15)18)12-11-17(19)14-7-3-2-4-8-14/h2-10,17H,11-13,19H2,1H3. The third kappa shape index (κ3) is 4.44. The zero-order valence-electron chi connectivity index (χ0n) is 11.8. The molecule has 0 bridgehead atoms. The van der Waals surface area contributed by atoms with E-state index in [2.05, 4.69) is 58.2 Å². The molecule has 0 aliphatic rings. The van der Waals surface area contributed by atoms with Crippen molar-refractivity contribution in [3.8, 4) is 0 Å². The molecule has 1 unspecified atom stereocenters. The molecule has 0 fully saturated rings. The zero-order valence-corrected chi connectivity index (χ0v) is 13.4. The predicted octanol–water partition coefficient (Wildman–Crippen LogP) is 3.97. The third-order valence-corrected chi connectivity index (χ3v) is 4.22. The summed E-state index contributed by atoms with van der Waals surface area (Å²) in [6, 6.07) is 18.8. The summed E-state index contributed by atoms with van der Waals surface area (Å²) in [5.41, 5.74) is 8.75. The Morgan fingerprint density at radius 3 is 2.40 bits per heavy atom. The summed E-state index contributed by atoms with van der Waals surface area (Å²) in [6.45, 7) is 1.92. The second-order valence-corrected chi connectivity index (χ2v) is 5.99. The lowest BCUT2D eigenvalue weighted by Crippen LogP contribution is -2.23. The molecule has 0 radical (unpaired) electrons. The Morgan fingerprint density at radius 2 is 1.70 bits per heavy atom. The van der Waals surface area contributed by atoms with Crippen molar-refractivity contribution in [3.63, 3.8) is 0 Å². The highest BCUT2D eigenvalue weighted by Crippen LogP contribution is 2.18. The van der Waals surface area contributed by atoms with E-state index < -0.39 is 0 Å². The SMILES string of the molecule is CN(CCC(N)c1ccccc1)Cc1ccccc1Br. The monoisotopic (exact) mass is 332 g/mol. The van der Waals surface area contributed by atoms with Crippen molar-refractivity contribution < 1.29 is 0 Å². The quantitative estimate of drug-likeness (QED) is 0.867. The van der Waals surface area contributed by atoms with E-state index in [-0.39, 0.29) is 6.04 Å². The Balaban J connectivity index is 1.84. The molecule has 0 saturated heterocycles. The van der Waals surface area contributed by atoms with Crippen LogP contribution in [0, 0.1) is 0 Å². The van der Waals surface area contributed by atoms with Gasteiger partial charge in [-0.15, -0.1) is 0 Å². The van der Waals surface area contributed by atoms with Crippen molar-refractivity contribution in [3.05, 3.63) is 70.2 Å². The second kappa shape index (κ2) is 7.58. The van der Waals surface area contributed by atoms with Crippen LogP contribution in [0.5, 0.6) is 0 Å². The minimum absolute atomic E-state index is 0.109. The Hall–Kier alpha value is -1.16. The van der Waals surface area contributed by atoms with Gasteiger partial charge < -0.3 is 10.6 Å². The lowest BCUT2D eigenvalue weighted by Gasteiger charge is -2.20. The fraction of sp³-hybridized carbons (Fsp3) is 0.294. The van der Waals surface area contributed by atoms with Crippen LogP contribution in [0.1, 0.15) is 23.6 Å². The smallest absolute Gasteiger partial charge is 0.0307 e. The van der Waals surface area contributed by atoms with E-state index in [1.54, 1.807) is 0 Å². The van der Waals surface area contributed by atoms with Crippen molar-refractivity contribution in [1.29, 1.82) is 0 Å². The lowest BCUT2D eigenvalue weighted by atomic mass is 10.0. The molecule has 1 atom stereocenters. The van der Waals surface area contributed by atoms with Gasteiger partial charge in [-0.05, 0) is 37.2 Å². The number of nitrogens with zero attached hydrogens (tertiary/aromatic N) is 1. The first-order valence-electron chi connectivity index (χ1n) is 6.89. The van der Waals surface area contributed by atoms with Crippen LogP contribution in [0.2, 0.25) is 0 Å². The molecule has 0 saturated carbocycles. The highest BCUT2D eigenvalue weighted by molar-refractivity contribution is 9.10. The first-order chi connectivity index (χ1) is 9.66. The maximum atomic E-state index is 6.23. The van der Waals surface area contributed by atoms with Gasteiger partial charge in [0.1, 0.15) is 0 Å². The maximum Gasteiger partial charge on any atom is 0.0307 e. The Bertz CT molecular complexity index is 528. The van der Waals surface area contributed by atoms with Crippen molar-refractivity contribution in [2.45, 2.75) is 19.0 Å². The molecule has 2 N–H and O–H groups in total. The van der Waals surface area contributed by atoms with Gasteiger partial charge >= 0.3 is 0 Å². The normalized spacial score (nSPS) is 12.6. The highest BCUT2D eigenvalue weighted by atomic mass is 79.9. The average molecular weight is 333 g/mol. The van der Waals surface area contributed by atoms with Gasteiger partial charge in [0.15, 0.2) is 0 Å². The van der Waals surface area contributed by atoms with Gasteiger partial charge in [-0.25, -0.2) is 0 Å². The van der Waals surface area contributed by atoms with E-state index in [0.29, 0.717) is 0 Å². The second-order valence-electron chi connectivity index (χ2n) is 5.14. The van der Waals surface area contributed by atoms with E-state index in [4.69, 9.17) is 5.73 Å². The van der Waals surface area contributed by atoms with Crippen molar-refractivity contribution in [1.82, 2.24) is 4.90 Å². The largest absolute Gasteiger partial charge is 0.324 e. The average Bonchev–Trinajstić information content (AvgIpc) is 2.48. The van der Waals surface area contributed by atoms with E-state index in [0.717, 1.165) is 19.5 Å². The zero-order chi connectivity index (χ0) is 14.4. The van der Waals surface area contributed by atoms with Gasteiger partial charge in [-0.2, -0.15) is 0 Å². The Labute approximate surface area is 129 Å². The summed E-state index contributed by atoms with van der Waals surface area (Å²) in [7, 11) is 2.14. The molecule has 0 aliphatic carbocycles. The van der Waals surface area contributed by atoms with Crippen molar-refractivity contribution in [2.75, 3.05) is 13.6 Å². The number of halogens is 1. The van der Waals surface area contributed by atoms with E-state index in [1.165, 1.54) is 15.6 Å². The molecule has 0 heterocycles. The van der Waals surface area contributed by atoms with Gasteiger partial charge in [0.2, 0.25) is 0 Å². The fourth-order valence-corrected chi connectivity index (χ4v) is 2.63. The van der Waals surface area contributed by atoms with Crippen molar-refractivity contribution in [2.24, 2.45) is 5.73 Å². The van der Waals surface area contributed by atoms with Crippen LogP contribution < -0.4 is 5.73 Å². The predicted molar refractivity (Wildman–Crippen MR) is 88.5 cm³/mol. The molecule has 0 aliphatic heterocycles. The molecule has 3 heteroatoms. The fourth-order valence-electron chi connectivity index (χ4n) is 2.22. The van der Waals surface area contributed by atoms with Crippen LogP contribution in [0.25, 0.3) is 0 Å². The van der Waals surface area contributed by atoms with E-state index in [1.807, 2.05) is 24.3 Å². The summed E-state index contributed by atoms with van der Waals surface area (Å²) in [5, 5.41) is 0. The molecule has 2 aromatic carbocycles. The molecule has 106 valence electrons. The summed E-state index contributed by atoms with van der Waals surface area (Å²) in [6.07, 6.45) is 0.963. The minimum atomic E-state index is 0.109. The Morgan fingerprint density at radius 1 is 1.05 bits per heavy atom. The minimum Gasteiger partial charge on any atom is -0.324 e. The maximum absolute atomic E-state index is 6.23. The molecule has 0 aromatic heterocycles. The van der Waals surface area contributed by atoms with Gasteiger partial charge in [0.05, 0.1) is 0 Å². The van der Waals surface area contributed by atoms with Crippen LogP contribution in [-0.4, -0.2) is 18.5 Å². The molecular weight excluding hydrogens is 312 g/mol. The molecule has 2 nitrogen and oxygen atoms in total. The van der Waals surface area contributed by atoms with Gasteiger partial charge in [0.25, 0.3) is 0 Å². The van der Waals surface area contributed by atoms with Gasteiger partial charge in [-0.1, -0.05) is 64.5 Å². The van der Waals surface area contributed by atoms with Crippen molar-refractivity contribution >= 4 is 15.9 Å². The lowest BCUT2D eigenvalue weighted by molar-refractivity contribution is 0.311. The highest BCUT2D eigenvalue weighted by Gasteiger charge is 2.08. The van der Waals surface area contributed by atoms with E-state index >= 15 is 0 Å². The molecule has 0 amide bonds. The Kier molecular flexibility index (Phi) is 5.77. The molecule has 2 aromatic rings. The molecule has 20 heavy (non-hydrogen) atoms. The summed E-state index contributed by atoms with van der Waals surface area (Å²) in [5.74, 6) is 0. The first-order valence-corrected chi connectivity index (χ1v) is 7.68. The van der Waals surface area contributed by atoms with Gasteiger partial charge in [0, 0.05) is 17.1 Å². The van der Waals surface area contributed by atoms with Crippen LogP contribution in [0.4, 0.5) is 0 Å². The summed E-state index contributed by atoms with van der Waals surface area (Å²) in [4.78, 5) is 2.31. The van der Waals surface area contributed by atoms with E-state index in [9.17, 15) is 0 Å². The number of hydrogen-bond acceptors (Lipinski definition) is 2. The number of benzene rings is 2. The topological polar surface area (TPSA) is 29.3 Å². The molecular formula is C17H21BrN2. The van der Waals surface area contributed by atoms with Gasteiger partial charge in [-0.3, -0.25) is 0 Å². The van der Waals surface area contributed by atoms with Crippen LogP contribution >= 0.6 is 15.9 Å². The number of nitrogens with two attached hydrogens (primary N) is 1.